The number of benzene rings is 1. The first-order valence-electron chi connectivity index (χ1n) is 6.62. The first-order chi connectivity index (χ1) is 9.25. The molecule has 0 unspecified atom stereocenters. The average molecular weight is 316 g/mol. The second-order valence-corrected chi connectivity index (χ2v) is 6.35. The second kappa shape index (κ2) is 5.81. The number of rotatable bonds is 2. The molecule has 3 nitrogen and oxygen atoms in total. The van der Waals surface area contributed by atoms with Gasteiger partial charge in [0.15, 0.2) is 0 Å². The fourth-order valence-electron chi connectivity index (χ4n) is 2.64. The third-order valence-corrected chi connectivity index (χ3v) is 4.76. The van der Waals surface area contributed by atoms with Crippen LogP contribution in [-0.4, -0.2) is 14.8 Å². The summed E-state index contributed by atoms with van der Waals surface area (Å²) in [7, 11) is 0. The van der Waals surface area contributed by atoms with Crippen LogP contribution in [0.4, 0.5) is 5.69 Å². The maximum Gasteiger partial charge on any atom is 0.130 e. The lowest BCUT2D eigenvalue weighted by Gasteiger charge is -2.19. The van der Waals surface area contributed by atoms with Crippen molar-refractivity contribution < 1.29 is 0 Å². The van der Waals surface area contributed by atoms with Gasteiger partial charge in [-0.25, -0.2) is 0 Å². The Morgan fingerprint density at radius 3 is 2.42 bits per heavy atom. The van der Waals surface area contributed by atoms with Gasteiger partial charge in [-0.05, 0) is 18.9 Å². The summed E-state index contributed by atoms with van der Waals surface area (Å²) in [6, 6.07) is 2.23. The van der Waals surface area contributed by atoms with Crippen LogP contribution in [0.2, 0.25) is 10.0 Å². The van der Waals surface area contributed by atoms with Gasteiger partial charge >= 0.3 is 0 Å². The number of anilines is 1. The molecule has 102 valence electrons. The van der Waals surface area contributed by atoms with E-state index in [0.29, 0.717) is 16.1 Å². The molecule has 0 bridgehead atoms. The van der Waals surface area contributed by atoms with Crippen molar-refractivity contribution in [2.45, 2.75) is 44.6 Å². The van der Waals surface area contributed by atoms with E-state index in [-0.39, 0.29) is 0 Å². The van der Waals surface area contributed by atoms with Gasteiger partial charge in [0.1, 0.15) is 11.0 Å². The van der Waals surface area contributed by atoms with Gasteiger partial charge < -0.3 is 5.32 Å². The van der Waals surface area contributed by atoms with Gasteiger partial charge in [-0.2, -0.15) is 8.75 Å². The van der Waals surface area contributed by atoms with E-state index in [1.807, 2.05) is 0 Å². The highest BCUT2D eigenvalue weighted by atomic mass is 35.5. The van der Waals surface area contributed by atoms with Gasteiger partial charge in [0, 0.05) is 6.04 Å². The molecule has 0 spiro atoms. The molecule has 1 aromatic heterocycles. The van der Waals surface area contributed by atoms with E-state index in [0.717, 1.165) is 16.7 Å². The molecular weight excluding hydrogens is 301 g/mol. The van der Waals surface area contributed by atoms with Gasteiger partial charge in [-0.3, -0.25) is 0 Å². The molecule has 0 amide bonds. The highest BCUT2D eigenvalue weighted by Gasteiger charge is 2.18. The van der Waals surface area contributed by atoms with Crippen molar-refractivity contribution in [1.29, 1.82) is 0 Å². The van der Waals surface area contributed by atoms with Gasteiger partial charge in [-0.1, -0.05) is 48.9 Å². The predicted octanol–water partition coefficient (Wildman–Crippen LogP) is 5.13. The summed E-state index contributed by atoms with van der Waals surface area (Å²) in [6.45, 7) is 0. The molecular formula is C13H15Cl2N3S. The summed E-state index contributed by atoms with van der Waals surface area (Å²) >= 11 is 13.6. The first-order valence-corrected chi connectivity index (χ1v) is 8.11. The lowest BCUT2D eigenvalue weighted by Crippen LogP contribution is -2.18. The van der Waals surface area contributed by atoms with Gasteiger partial charge in [0.05, 0.1) is 27.5 Å². The van der Waals surface area contributed by atoms with Gasteiger partial charge in [0.2, 0.25) is 0 Å². The minimum Gasteiger partial charge on any atom is -0.379 e. The minimum atomic E-state index is 0.478. The van der Waals surface area contributed by atoms with E-state index in [1.165, 1.54) is 50.3 Å². The van der Waals surface area contributed by atoms with E-state index in [4.69, 9.17) is 23.2 Å². The third-order valence-electron chi connectivity index (χ3n) is 3.65. The SMILES string of the molecule is Clc1cc(Cl)c2nsnc2c1NC1CCCCCC1. The summed E-state index contributed by atoms with van der Waals surface area (Å²) in [6.07, 6.45) is 7.61. The molecule has 19 heavy (non-hydrogen) atoms. The first kappa shape index (κ1) is 13.4. The van der Waals surface area contributed by atoms with Crippen LogP contribution in [-0.2, 0) is 0 Å². The van der Waals surface area contributed by atoms with Gasteiger partial charge in [-0.15, -0.1) is 0 Å². The van der Waals surface area contributed by atoms with Crippen molar-refractivity contribution in [3.05, 3.63) is 16.1 Å². The smallest absolute Gasteiger partial charge is 0.130 e. The van der Waals surface area contributed by atoms with Crippen LogP contribution in [0.15, 0.2) is 6.07 Å². The minimum absolute atomic E-state index is 0.478. The van der Waals surface area contributed by atoms with E-state index < -0.39 is 0 Å². The molecule has 1 aromatic carbocycles. The van der Waals surface area contributed by atoms with Crippen molar-refractivity contribution >= 4 is 51.7 Å². The fourth-order valence-corrected chi connectivity index (χ4v) is 3.81. The topological polar surface area (TPSA) is 37.8 Å². The maximum absolute atomic E-state index is 6.32. The molecule has 0 atom stereocenters. The van der Waals surface area contributed by atoms with Crippen LogP contribution in [0.25, 0.3) is 11.0 Å². The number of hydrogen-bond acceptors (Lipinski definition) is 4. The zero-order valence-electron chi connectivity index (χ0n) is 10.5. The maximum atomic E-state index is 6.32. The summed E-state index contributed by atoms with van der Waals surface area (Å²) in [4.78, 5) is 0. The largest absolute Gasteiger partial charge is 0.379 e. The Hall–Kier alpha value is -0.580. The number of fused-ring (bicyclic) bond motifs is 1. The summed E-state index contributed by atoms with van der Waals surface area (Å²) in [5.41, 5.74) is 2.43. The van der Waals surface area contributed by atoms with Crippen molar-refractivity contribution in [1.82, 2.24) is 8.75 Å². The molecule has 1 N–H and O–H groups in total. The van der Waals surface area contributed by atoms with Crippen molar-refractivity contribution in [2.24, 2.45) is 0 Å². The summed E-state index contributed by atoms with van der Waals surface area (Å²) < 4.78 is 8.56. The van der Waals surface area contributed by atoms with Crippen LogP contribution in [0.1, 0.15) is 38.5 Å². The lowest BCUT2D eigenvalue weighted by molar-refractivity contribution is 0.620. The summed E-state index contributed by atoms with van der Waals surface area (Å²) in [5, 5.41) is 4.76. The molecule has 2 aromatic rings. The highest BCUT2D eigenvalue weighted by Crippen LogP contribution is 2.36. The predicted molar refractivity (Wildman–Crippen MR) is 82.5 cm³/mol. The van der Waals surface area contributed by atoms with Crippen molar-refractivity contribution in [2.75, 3.05) is 5.32 Å². The molecule has 1 saturated carbocycles. The Balaban J connectivity index is 1.93. The quantitative estimate of drug-likeness (QED) is 0.780. The van der Waals surface area contributed by atoms with E-state index in [2.05, 4.69) is 14.1 Å². The van der Waals surface area contributed by atoms with Crippen molar-refractivity contribution in [3.8, 4) is 0 Å². The van der Waals surface area contributed by atoms with Gasteiger partial charge in [0.25, 0.3) is 0 Å². The van der Waals surface area contributed by atoms with Crippen LogP contribution >= 0.6 is 34.9 Å². The number of hydrogen-bond donors (Lipinski definition) is 1. The zero-order valence-corrected chi connectivity index (χ0v) is 12.8. The van der Waals surface area contributed by atoms with E-state index in [1.54, 1.807) is 6.07 Å². The highest BCUT2D eigenvalue weighted by molar-refractivity contribution is 7.00. The molecule has 0 aliphatic heterocycles. The van der Waals surface area contributed by atoms with Crippen LogP contribution < -0.4 is 5.32 Å². The molecule has 0 radical (unpaired) electrons. The van der Waals surface area contributed by atoms with E-state index in [9.17, 15) is 0 Å². The second-order valence-electron chi connectivity index (χ2n) is 5.01. The van der Waals surface area contributed by atoms with Crippen LogP contribution in [0, 0.1) is 0 Å². The number of nitrogens with zero attached hydrogens (tertiary/aromatic N) is 2. The average Bonchev–Trinajstić information content (AvgIpc) is 2.73. The molecule has 0 saturated heterocycles. The standard InChI is InChI=1S/C13H15Cl2N3S/c14-9-7-10(15)12-13(18-19-17-12)11(9)16-8-5-3-1-2-4-6-8/h7-8,16H,1-6H2. The third kappa shape index (κ3) is 2.81. The number of halogens is 2. The zero-order chi connectivity index (χ0) is 13.2. The molecule has 1 heterocycles. The van der Waals surface area contributed by atoms with Crippen LogP contribution in [0.3, 0.4) is 0 Å². The Kier molecular flexibility index (Phi) is 4.10. The van der Waals surface area contributed by atoms with Crippen LogP contribution in [0.5, 0.6) is 0 Å². The van der Waals surface area contributed by atoms with Crippen molar-refractivity contribution in [3.63, 3.8) is 0 Å². The molecule has 1 aliphatic carbocycles. The number of nitrogens with one attached hydrogen (secondary N) is 1. The lowest BCUT2D eigenvalue weighted by atomic mass is 10.1. The molecule has 6 heteroatoms. The number of aromatic nitrogens is 2. The molecule has 3 rings (SSSR count). The Morgan fingerprint density at radius 1 is 1.00 bits per heavy atom. The Bertz CT molecular complexity index is 577. The Morgan fingerprint density at radius 2 is 1.68 bits per heavy atom. The molecule has 1 aliphatic rings. The Labute approximate surface area is 126 Å². The van der Waals surface area contributed by atoms with E-state index >= 15 is 0 Å². The normalized spacial score (nSPS) is 17.6. The fraction of sp³-hybridized carbons (Fsp3) is 0.538. The molecule has 1 fully saturated rings. The summed E-state index contributed by atoms with van der Waals surface area (Å²) in [5.74, 6) is 0. The monoisotopic (exact) mass is 315 g/mol.